The lowest BCUT2D eigenvalue weighted by molar-refractivity contribution is -0.123. The Kier molecular flexibility index (Phi) is 5.55. The maximum absolute atomic E-state index is 11.7. The van der Waals surface area contributed by atoms with E-state index in [0.29, 0.717) is 17.1 Å². The molecule has 0 aliphatic heterocycles. The highest BCUT2D eigenvalue weighted by molar-refractivity contribution is 9.10. The number of ether oxygens (including phenoxy) is 1. The highest BCUT2D eigenvalue weighted by atomic mass is 79.9. The van der Waals surface area contributed by atoms with Gasteiger partial charge in [-0.05, 0) is 42.8 Å². The minimum absolute atomic E-state index is 0.102. The number of hydrogen-bond donors (Lipinski definition) is 2. The standard InChI is InChI=1S/C16H16BrN3O2/c1-11(12-5-7-14(18)8-6-12)19-20-16(21)10-22-15-4-2-3-13(17)9-15/h2-9H,10,18H2,1H3,(H,20,21)/b19-11-. The van der Waals surface area contributed by atoms with Gasteiger partial charge < -0.3 is 10.5 Å². The first-order chi connectivity index (χ1) is 10.5. The molecule has 0 spiro atoms. The fourth-order valence-electron chi connectivity index (χ4n) is 1.67. The van der Waals surface area contributed by atoms with E-state index in [1.165, 1.54) is 0 Å². The molecule has 0 bridgehead atoms. The molecule has 0 radical (unpaired) electrons. The van der Waals surface area contributed by atoms with Crippen LogP contribution in [0, 0.1) is 0 Å². The Morgan fingerprint density at radius 2 is 2.00 bits per heavy atom. The summed E-state index contributed by atoms with van der Waals surface area (Å²) < 4.78 is 6.27. The number of rotatable bonds is 5. The van der Waals surface area contributed by atoms with Crippen LogP contribution in [-0.4, -0.2) is 18.2 Å². The van der Waals surface area contributed by atoms with Crippen molar-refractivity contribution in [3.63, 3.8) is 0 Å². The molecule has 6 heteroatoms. The number of nitrogens with one attached hydrogen (secondary N) is 1. The number of anilines is 1. The third kappa shape index (κ3) is 4.89. The normalized spacial score (nSPS) is 11.1. The van der Waals surface area contributed by atoms with Gasteiger partial charge in [-0.25, -0.2) is 5.43 Å². The van der Waals surface area contributed by atoms with E-state index >= 15 is 0 Å². The summed E-state index contributed by atoms with van der Waals surface area (Å²) in [6.07, 6.45) is 0. The third-order valence-electron chi connectivity index (χ3n) is 2.84. The molecule has 0 heterocycles. The number of halogens is 1. The molecular weight excluding hydrogens is 346 g/mol. The van der Waals surface area contributed by atoms with Gasteiger partial charge in [0, 0.05) is 10.2 Å². The Bertz CT molecular complexity index is 684. The van der Waals surface area contributed by atoms with E-state index in [9.17, 15) is 4.79 Å². The largest absolute Gasteiger partial charge is 0.484 e. The molecule has 22 heavy (non-hydrogen) atoms. The molecule has 2 aromatic rings. The minimum Gasteiger partial charge on any atom is -0.484 e. The number of nitrogens with two attached hydrogens (primary N) is 1. The van der Waals surface area contributed by atoms with E-state index < -0.39 is 0 Å². The zero-order valence-electron chi connectivity index (χ0n) is 12.0. The van der Waals surface area contributed by atoms with E-state index in [2.05, 4.69) is 26.5 Å². The van der Waals surface area contributed by atoms with Crippen LogP contribution in [0.15, 0.2) is 58.1 Å². The van der Waals surface area contributed by atoms with Crippen LogP contribution in [0.1, 0.15) is 12.5 Å². The molecule has 3 N–H and O–H groups in total. The average molecular weight is 362 g/mol. The van der Waals surface area contributed by atoms with Crippen LogP contribution in [0.4, 0.5) is 5.69 Å². The van der Waals surface area contributed by atoms with Crippen molar-refractivity contribution in [1.29, 1.82) is 0 Å². The van der Waals surface area contributed by atoms with Crippen molar-refractivity contribution in [2.24, 2.45) is 5.10 Å². The molecular formula is C16H16BrN3O2. The van der Waals surface area contributed by atoms with Crippen LogP contribution in [-0.2, 0) is 4.79 Å². The molecule has 2 rings (SSSR count). The Hall–Kier alpha value is -2.34. The Morgan fingerprint density at radius 1 is 1.27 bits per heavy atom. The summed E-state index contributed by atoms with van der Waals surface area (Å²) in [5.74, 6) is 0.290. The Labute approximate surface area is 137 Å². The molecule has 5 nitrogen and oxygen atoms in total. The van der Waals surface area contributed by atoms with Crippen LogP contribution in [0.2, 0.25) is 0 Å². The summed E-state index contributed by atoms with van der Waals surface area (Å²) in [7, 11) is 0. The van der Waals surface area contributed by atoms with E-state index in [4.69, 9.17) is 10.5 Å². The number of hydrogen-bond acceptors (Lipinski definition) is 4. The maximum atomic E-state index is 11.7. The fourth-order valence-corrected chi connectivity index (χ4v) is 2.05. The van der Waals surface area contributed by atoms with Crippen molar-refractivity contribution in [2.75, 3.05) is 12.3 Å². The molecule has 114 valence electrons. The first kappa shape index (κ1) is 16.0. The van der Waals surface area contributed by atoms with Crippen molar-refractivity contribution in [3.8, 4) is 5.75 Å². The van der Waals surface area contributed by atoms with Gasteiger partial charge in [-0.2, -0.15) is 5.10 Å². The van der Waals surface area contributed by atoms with Gasteiger partial charge in [-0.1, -0.05) is 34.1 Å². The van der Waals surface area contributed by atoms with Gasteiger partial charge in [0.05, 0.1) is 5.71 Å². The fraction of sp³-hybridized carbons (Fsp3) is 0.125. The SMILES string of the molecule is C/C(=N/NC(=O)COc1cccc(Br)c1)c1ccc(N)cc1. The number of hydrazone groups is 1. The second-order valence-corrected chi connectivity index (χ2v) is 5.52. The number of nitrogens with zero attached hydrogens (tertiary/aromatic N) is 1. The molecule has 0 aliphatic carbocycles. The molecule has 0 aromatic heterocycles. The van der Waals surface area contributed by atoms with Crippen molar-refractivity contribution in [2.45, 2.75) is 6.92 Å². The van der Waals surface area contributed by atoms with Crippen molar-refractivity contribution >= 4 is 33.2 Å². The van der Waals surface area contributed by atoms with Gasteiger partial charge in [0.1, 0.15) is 5.75 Å². The van der Waals surface area contributed by atoms with E-state index in [1.54, 1.807) is 31.2 Å². The highest BCUT2D eigenvalue weighted by Gasteiger charge is 2.03. The molecule has 0 aliphatic rings. The van der Waals surface area contributed by atoms with Crippen molar-refractivity contribution < 1.29 is 9.53 Å². The number of carbonyl (C=O) groups excluding carboxylic acids is 1. The molecule has 0 saturated heterocycles. The van der Waals surface area contributed by atoms with Gasteiger partial charge in [-0.3, -0.25) is 4.79 Å². The van der Waals surface area contributed by atoms with E-state index in [-0.39, 0.29) is 12.5 Å². The Balaban J connectivity index is 1.86. The summed E-state index contributed by atoms with van der Waals surface area (Å²) in [6.45, 7) is 1.70. The van der Waals surface area contributed by atoms with E-state index in [0.717, 1.165) is 10.0 Å². The minimum atomic E-state index is -0.324. The molecule has 0 atom stereocenters. The lowest BCUT2D eigenvalue weighted by Crippen LogP contribution is -2.25. The van der Waals surface area contributed by atoms with Crippen LogP contribution in [0.25, 0.3) is 0 Å². The zero-order valence-corrected chi connectivity index (χ0v) is 13.6. The van der Waals surface area contributed by atoms with Crippen molar-refractivity contribution in [1.82, 2.24) is 5.43 Å². The molecule has 2 aromatic carbocycles. The lowest BCUT2D eigenvalue weighted by Gasteiger charge is -2.06. The molecule has 0 unspecified atom stereocenters. The van der Waals surface area contributed by atoms with Crippen LogP contribution in [0.3, 0.4) is 0 Å². The number of benzene rings is 2. The maximum Gasteiger partial charge on any atom is 0.277 e. The van der Waals surface area contributed by atoms with E-state index in [1.807, 2.05) is 24.3 Å². The summed E-state index contributed by atoms with van der Waals surface area (Å²) in [5, 5.41) is 4.04. The second kappa shape index (κ2) is 7.61. The summed E-state index contributed by atoms with van der Waals surface area (Å²) in [5.41, 5.74) is 10.4. The predicted molar refractivity (Wildman–Crippen MR) is 90.8 cm³/mol. The number of carbonyl (C=O) groups is 1. The van der Waals surface area contributed by atoms with Gasteiger partial charge in [0.2, 0.25) is 0 Å². The van der Waals surface area contributed by atoms with Gasteiger partial charge in [0.15, 0.2) is 6.61 Å². The smallest absolute Gasteiger partial charge is 0.277 e. The highest BCUT2D eigenvalue weighted by Crippen LogP contribution is 2.17. The average Bonchev–Trinajstić information content (AvgIpc) is 2.51. The number of nitrogen functional groups attached to an aromatic ring is 1. The summed E-state index contributed by atoms with van der Waals surface area (Å²) in [4.78, 5) is 11.7. The quantitative estimate of drug-likeness (QED) is 0.488. The third-order valence-corrected chi connectivity index (χ3v) is 3.34. The number of amides is 1. The second-order valence-electron chi connectivity index (χ2n) is 4.60. The van der Waals surface area contributed by atoms with Crippen LogP contribution >= 0.6 is 15.9 Å². The summed E-state index contributed by atoms with van der Waals surface area (Å²) >= 11 is 3.34. The predicted octanol–water partition coefficient (Wildman–Crippen LogP) is 2.95. The first-order valence-corrected chi connectivity index (χ1v) is 7.41. The van der Waals surface area contributed by atoms with Crippen LogP contribution in [0.5, 0.6) is 5.75 Å². The summed E-state index contributed by atoms with van der Waals surface area (Å²) in [6, 6.07) is 14.5. The molecule has 0 fully saturated rings. The van der Waals surface area contributed by atoms with Gasteiger partial charge in [-0.15, -0.1) is 0 Å². The van der Waals surface area contributed by atoms with Gasteiger partial charge in [0.25, 0.3) is 5.91 Å². The van der Waals surface area contributed by atoms with Crippen molar-refractivity contribution in [3.05, 3.63) is 58.6 Å². The topological polar surface area (TPSA) is 76.7 Å². The first-order valence-electron chi connectivity index (χ1n) is 6.62. The molecule has 0 saturated carbocycles. The van der Waals surface area contributed by atoms with Crippen LogP contribution < -0.4 is 15.9 Å². The molecule has 1 amide bonds. The monoisotopic (exact) mass is 361 g/mol. The van der Waals surface area contributed by atoms with Gasteiger partial charge >= 0.3 is 0 Å². The zero-order chi connectivity index (χ0) is 15.9. The Morgan fingerprint density at radius 3 is 2.68 bits per heavy atom. The lowest BCUT2D eigenvalue weighted by atomic mass is 10.1.